The zero-order chi connectivity index (χ0) is 21.4. The van der Waals surface area contributed by atoms with Gasteiger partial charge in [-0.2, -0.15) is 0 Å². The van der Waals surface area contributed by atoms with E-state index in [2.05, 4.69) is 25.8 Å². The molecule has 1 saturated carbocycles. The molecule has 160 valence electrons. The number of anilines is 1. The first-order valence-corrected chi connectivity index (χ1v) is 10.7. The molecule has 1 aromatic carbocycles. The third-order valence-electron chi connectivity index (χ3n) is 6.41. The van der Waals surface area contributed by atoms with Crippen LogP contribution in [0.15, 0.2) is 30.6 Å². The number of aromatic nitrogens is 3. The topological polar surface area (TPSA) is 109 Å². The van der Waals surface area contributed by atoms with E-state index in [9.17, 15) is 9.90 Å². The number of fused-ring (bicyclic) bond motifs is 2. The highest BCUT2D eigenvalue weighted by atomic mass is 16.5. The Morgan fingerprint density at radius 2 is 1.97 bits per heavy atom. The lowest BCUT2D eigenvalue weighted by Crippen LogP contribution is -2.53. The number of carbonyl (C=O) groups is 1. The summed E-state index contributed by atoms with van der Waals surface area (Å²) in [5, 5.41) is 27.6. The first kappa shape index (κ1) is 19.5. The van der Waals surface area contributed by atoms with Gasteiger partial charge in [0, 0.05) is 47.8 Å². The van der Waals surface area contributed by atoms with Gasteiger partial charge in [-0.15, -0.1) is 10.2 Å². The van der Waals surface area contributed by atoms with E-state index in [1.54, 1.807) is 19.4 Å². The normalized spacial score (nSPS) is 17.1. The monoisotopic (exact) mass is 419 g/mol. The summed E-state index contributed by atoms with van der Waals surface area (Å²) in [5.74, 6) is 1.38. The number of phenols is 1. The number of pyridine rings is 1. The number of hydrogen-bond donors (Lipinski definition) is 3. The van der Waals surface area contributed by atoms with Gasteiger partial charge in [0.2, 0.25) is 5.91 Å². The first-order chi connectivity index (χ1) is 15.1. The minimum Gasteiger partial charge on any atom is -0.507 e. The molecule has 0 unspecified atom stereocenters. The SMILES string of the molecule is CNC(=O)C1(Nc2nnc(-c3ccc4c(c3O)CCO4)c3ccncc23)CCCCC1. The summed E-state index contributed by atoms with van der Waals surface area (Å²) >= 11 is 0. The van der Waals surface area contributed by atoms with E-state index in [1.165, 1.54) is 0 Å². The standard InChI is InChI=1S/C23H25N5O3/c1-24-22(30)23(9-3-2-4-10-23)26-21-17-13-25-11-7-14(17)19(27-28-21)16-5-6-18-15(20(16)29)8-12-31-18/h5-7,11,13,29H,2-4,8-10,12H2,1H3,(H,24,30)(H,26,28). The van der Waals surface area contributed by atoms with Crippen molar-refractivity contribution in [2.75, 3.05) is 19.0 Å². The first-order valence-electron chi connectivity index (χ1n) is 10.7. The number of likely N-dealkylation sites (N-methyl/N-ethyl adjacent to an activating group) is 1. The average molecular weight is 419 g/mol. The van der Waals surface area contributed by atoms with Crippen molar-refractivity contribution in [2.24, 2.45) is 0 Å². The third-order valence-corrected chi connectivity index (χ3v) is 6.41. The van der Waals surface area contributed by atoms with Crippen molar-refractivity contribution in [3.05, 3.63) is 36.2 Å². The van der Waals surface area contributed by atoms with Crippen molar-refractivity contribution in [3.63, 3.8) is 0 Å². The van der Waals surface area contributed by atoms with Crippen LogP contribution in [0.2, 0.25) is 0 Å². The van der Waals surface area contributed by atoms with E-state index in [0.29, 0.717) is 35.9 Å². The van der Waals surface area contributed by atoms with Crippen molar-refractivity contribution in [2.45, 2.75) is 44.1 Å². The van der Waals surface area contributed by atoms with Gasteiger partial charge in [0.05, 0.1) is 6.61 Å². The third kappa shape index (κ3) is 3.22. The number of carbonyl (C=O) groups excluding carboxylic acids is 1. The maximum atomic E-state index is 12.8. The number of nitrogens with one attached hydrogen (secondary N) is 2. The number of phenolic OH excluding ortho intramolecular Hbond substituents is 1. The van der Waals surface area contributed by atoms with Crippen LogP contribution >= 0.6 is 0 Å². The van der Waals surface area contributed by atoms with Crippen LogP contribution in [0.25, 0.3) is 22.0 Å². The maximum absolute atomic E-state index is 12.8. The van der Waals surface area contributed by atoms with E-state index >= 15 is 0 Å². The molecule has 2 aromatic heterocycles. The van der Waals surface area contributed by atoms with Gasteiger partial charge in [-0.3, -0.25) is 9.78 Å². The highest BCUT2D eigenvalue weighted by molar-refractivity contribution is 6.02. The van der Waals surface area contributed by atoms with E-state index < -0.39 is 5.54 Å². The quantitative estimate of drug-likeness (QED) is 0.596. The molecule has 2 aliphatic rings. The summed E-state index contributed by atoms with van der Waals surface area (Å²) in [6.45, 7) is 0.563. The van der Waals surface area contributed by atoms with Crippen molar-refractivity contribution < 1.29 is 14.6 Å². The minimum absolute atomic E-state index is 0.0358. The second-order valence-electron chi connectivity index (χ2n) is 8.20. The Morgan fingerprint density at radius 1 is 1.13 bits per heavy atom. The molecular weight excluding hydrogens is 394 g/mol. The molecule has 0 spiro atoms. The molecule has 0 radical (unpaired) electrons. The van der Waals surface area contributed by atoms with Crippen molar-refractivity contribution >= 4 is 22.5 Å². The van der Waals surface area contributed by atoms with Gasteiger partial charge in [0.25, 0.3) is 0 Å². The Bertz CT molecular complexity index is 1160. The number of nitrogens with zero attached hydrogens (tertiary/aromatic N) is 3. The zero-order valence-corrected chi connectivity index (χ0v) is 17.4. The highest BCUT2D eigenvalue weighted by Gasteiger charge is 2.39. The van der Waals surface area contributed by atoms with E-state index in [4.69, 9.17) is 4.74 Å². The Balaban J connectivity index is 1.61. The smallest absolute Gasteiger partial charge is 0.245 e. The Kier molecular flexibility index (Phi) is 4.84. The van der Waals surface area contributed by atoms with Gasteiger partial charge < -0.3 is 20.5 Å². The molecule has 0 atom stereocenters. The summed E-state index contributed by atoms with van der Waals surface area (Å²) in [7, 11) is 1.66. The number of rotatable bonds is 4. The molecule has 8 heteroatoms. The van der Waals surface area contributed by atoms with Crippen LogP contribution in [-0.2, 0) is 11.2 Å². The average Bonchev–Trinajstić information content (AvgIpc) is 3.30. The predicted molar refractivity (Wildman–Crippen MR) is 117 cm³/mol. The van der Waals surface area contributed by atoms with E-state index in [1.807, 2.05) is 18.2 Å². The van der Waals surface area contributed by atoms with Crippen LogP contribution in [0.3, 0.4) is 0 Å². The van der Waals surface area contributed by atoms with Gasteiger partial charge >= 0.3 is 0 Å². The molecule has 5 rings (SSSR count). The molecule has 1 aliphatic carbocycles. The second kappa shape index (κ2) is 7.68. The van der Waals surface area contributed by atoms with Gasteiger partial charge in [0.1, 0.15) is 22.7 Å². The molecule has 8 nitrogen and oxygen atoms in total. The van der Waals surface area contributed by atoms with Crippen LogP contribution < -0.4 is 15.4 Å². The maximum Gasteiger partial charge on any atom is 0.245 e. The summed E-state index contributed by atoms with van der Waals surface area (Å²) in [6.07, 6.45) is 8.64. The number of aromatic hydroxyl groups is 1. The molecule has 3 N–H and O–H groups in total. The molecule has 1 aliphatic heterocycles. The Morgan fingerprint density at radius 3 is 2.77 bits per heavy atom. The van der Waals surface area contributed by atoms with Crippen molar-refractivity contribution in [1.29, 1.82) is 0 Å². The molecule has 1 amide bonds. The molecule has 0 bridgehead atoms. The van der Waals surface area contributed by atoms with Gasteiger partial charge in [0.15, 0.2) is 5.82 Å². The van der Waals surface area contributed by atoms with Crippen LogP contribution in [-0.4, -0.2) is 45.4 Å². The fraction of sp³-hybridized carbons (Fsp3) is 0.391. The molecule has 1 fully saturated rings. The number of ether oxygens (including phenoxy) is 1. The lowest BCUT2D eigenvalue weighted by atomic mass is 9.80. The summed E-state index contributed by atoms with van der Waals surface area (Å²) < 4.78 is 5.55. The van der Waals surface area contributed by atoms with Crippen LogP contribution in [0.5, 0.6) is 11.5 Å². The van der Waals surface area contributed by atoms with Gasteiger partial charge in [-0.25, -0.2) is 0 Å². The fourth-order valence-corrected chi connectivity index (χ4v) is 4.77. The molecule has 3 aromatic rings. The Labute approximate surface area is 180 Å². The van der Waals surface area contributed by atoms with Crippen LogP contribution in [0, 0.1) is 0 Å². The highest BCUT2D eigenvalue weighted by Crippen LogP contribution is 2.42. The zero-order valence-electron chi connectivity index (χ0n) is 17.4. The van der Waals surface area contributed by atoms with Crippen LogP contribution in [0.4, 0.5) is 5.82 Å². The number of benzene rings is 1. The number of amides is 1. The van der Waals surface area contributed by atoms with Crippen molar-refractivity contribution in [1.82, 2.24) is 20.5 Å². The Hall–Kier alpha value is -3.42. The molecule has 0 saturated heterocycles. The molecule has 3 heterocycles. The van der Waals surface area contributed by atoms with Crippen LogP contribution in [0.1, 0.15) is 37.7 Å². The van der Waals surface area contributed by atoms with Gasteiger partial charge in [-0.1, -0.05) is 19.3 Å². The largest absolute Gasteiger partial charge is 0.507 e. The minimum atomic E-state index is -0.709. The van der Waals surface area contributed by atoms with E-state index in [-0.39, 0.29) is 11.7 Å². The van der Waals surface area contributed by atoms with Gasteiger partial charge in [-0.05, 0) is 31.0 Å². The predicted octanol–water partition coefficient (Wildman–Crippen LogP) is 3.19. The molecule has 31 heavy (non-hydrogen) atoms. The van der Waals surface area contributed by atoms with Crippen molar-refractivity contribution in [3.8, 4) is 22.8 Å². The summed E-state index contributed by atoms with van der Waals surface area (Å²) in [5.41, 5.74) is 1.27. The molecular formula is C23H25N5O3. The lowest BCUT2D eigenvalue weighted by Gasteiger charge is -2.36. The lowest BCUT2D eigenvalue weighted by molar-refractivity contribution is -0.126. The summed E-state index contributed by atoms with van der Waals surface area (Å²) in [6, 6.07) is 5.53. The van der Waals surface area contributed by atoms with E-state index in [0.717, 1.165) is 48.4 Å². The second-order valence-corrected chi connectivity index (χ2v) is 8.20. The summed E-state index contributed by atoms with van der Waals surface area (Å²) in [4.78, 5) is 17.1. The number of hydrogen-bond acceptors (Lipinski definition) is 7. The fourth-order valence-electron chi connectivity index (χ4n) is 4.77.